The molecule has 0 fully saturated rings. The van der Waals surface area contributed by atoms with Gasteiger partial charge in [0, 0.05) is 17.2 Å². The second-order valence-electron chi connectivity index (χ2n) is 5.27. The van der Waals surface area contributed by atoms with Gasteiger partial charge in [-0.05, 0) is 25.1 Å². The molecule has 2 aromatic carbocycles. The molecule has 0 spiro atoms. The number of carbonyl (C=O) groups excluding carboxylic acids is 2. The Morgan fingerprint density at radius 2 is 1.81 bits per heavy atom. The van der Waals surface area contributed by atoms with Crippen LogP contribution >= 0.6 is 0 Å². The zero-order valence-electron chi connectivity index (χ0n) is 13.5. The number of hydrogen-bond acceptors (Lipinski definition) is 7. The van der Waals surface area contributed by atoms with Crippen LogP contribution in [0.3, 0.4) is 0 Å². The summed E-state index contributed by atoms with van der Waals surface area (Å²) >= 11 is 0. The maximum Gasteiger partial charge on any atom is 0.345 e. The molecule has 0 heterocycles. The van der Waals surface area contributed by atoms with Gasteiger partial charge in [0.25, 0.3) is 11.4 Å². The molecule has 26 heavy (non-hydrogen) atoms. The Labute approximate surface area is 146 Å². The number of nitrogens with two attached hydrogens (primary N) is 1. The molecule has 2 aromatic rings. The molecule has 0 aliphatic heterocycles. The van der Waals surface area contributed by atoms with Crippen molar-refractivity contribution in [1.82, 2.24) is 0 Å². The summed E-state index contributed by atoms with van der Waals surface area (Å²) < 4.78 is 4.99. The lowest BCUT2D eigenvalue weighted by Crippen LogP contribution is -2.13. The summed E-state index contributed by atoms with van der Waals surface area (Å²) in [5.74, 6) is -1.83. The van der Waals surface area contributed by atoms with Crippen LogP contribution < -0.4 is 5.73 Å². The van der Waals surface area contributed by atoms with Crippen LogP contribution in [0.4, 0.5) is 11.4 Å². The van der Waals surface area contributed by atoms with E-state index < -0.39 is 39.7 Å². The largest absolute Gasteiger partial charge is 0.457 e. The van der Waals surface area contributed by atoms with Gasteiger partial charge in [-0.2, -0.15) is 0 Å². The average Bonchev–Trinajstić information content (AvgIpc) is 2.58. The van der Waals surface area contributed by atoms with E-state index in [0.29, 0.717) is 0 Å². The molecule has 0 radical (unpaired) electrons. The number of ether oxygens (including phenoxy) is 1. The number of amides is 1. The van der Waals surface area contributed by atoms with Crippen LogP contribution in [0.15, 0.2) is 36.4 Å². The summed E-state index contributed by atoms with van der Waals surface area (Å²) in [6.07, 6.45) is 0. The fourth-order valence-corrected chi connectivity index (χ4v) is 2.30. The highest BCUT2D eigenvalue weighted by molar-refractivity contribution is 5.95. The molecule has 0 bridgehead atoms. The Balaban J connectivity index is 2.28. The van der Waals surface area contributed by atoms with Crippen LogP contribution in [-0.2, 0) is 11.3 Å². The summed E-state index contributed by atoms with van der Waals surface area (Å²) in [5.41, 5.74) is 4.21. The lowest BCUT2D eigenvalue weighted by molar-refractivity contribution is -0.386. The van der Waals surface area contributed by atoms with Crippen LogP contribution in [-0.4, -0.2) is 21.7 Å². The minimum atomic E-state index is -0.992. The van der Waals surface area contributed by atoms with Gasteiger partial charge >= 0.3 is 5.97 Å². The Bertz CT molecular complexity index is 924. The van der Waals surface area contributed by atoms with Crippen LogP contribution in [0, 0.1) is 27.2 Å². The molecule has 0 aromatic heterocycles. The molecular weight excluding hydrogens is 346 g/mol. The molecule has 134 valence electrons. The normalized spacial score (nSPS) is 10.2. The van der Waals surface area contributed by atoms with Gasteiger partial charge in [-0.25, -0.2) is 4.79 Å². The first-order chi connectivity index (χ1) is 12.2. The quantitative estimate of drug-likeness (QED) is 0.471. The zero-order valence-corrected chi connectivity index (χ0v) is 13.5. The number of aryl methyl sites for hydroxylation is 1. The number of carbonyl (C=O) groups is 2. The van der Waals surface area contributed by atoms with Gasteiger partial charge in [-0.1, -0.05) is 12.1 Å². The number of rotatable bonds is 6. The highest BCUT2D eigenvalue weighted by atomic mass is 16.6. The summed E-state index contributed by atoms with van der Waals surface area (Å²) in [6, 6.07) is 7.63. The lowest BCUT2D eigenvalue weighted by atomic mass is 10.1. The van der Waals surface area contributed by atoms with Crippen LogP contribution in [0.25, 0.3) is 0 Å². The molecule has 1 amide bonds. The highest BCUT2D eigenvalue weighted by Gasteiger charge is 2.25. The summed E-state index contributed by atoms with van der Waals surface area (Å²) in [7, 11) is 0. The smallest absolute Gasteiger partial charge is 0.345 e. The first kappa shape index (κ1) is 18.5. The van der Waals surface area contributed by atoms with Gasteiger partial charge in [0.05, 0.1) is 15.4 Å². The monoisotopic (exact) mass is 359 g/mol. The lowest BCUT2D eigenvalue weighted by Gasteiger charge is -2.08. The van der Waals surface area contributed by atoms with Crippen molar-refractivity contribution in [1.29, 1.82) is 0 Å². The third-order valence-corrected chi connectivity index (χ3v) is 3.57. The Kier molecular flexibility index (Phi) is 5.26. The highest BCUT2D eigenvalue weighted by Crippen LogP contribution is 2.25. The third-order valence-electron chi connectivity index (χ3n) is 3.57. The number of hydrogen-bond donors (Lipinski definition) is 1. The van der Waals surface area contributed by atoms with E-state index in [1.807, 2.05) is 0 Å². The molecule has 2 N–H and O–H groups in total. The molecule has 0 unspecified atom stereocenters. The van der Waals surface area contributed by atoms with E-state index in [0.717, 1.165) is 6.07 Å². The van der Waals surface area contributed by atoms with E-state index in [-0.39, 0.29) is 22.3 Å². The summed E-state index contributed by atoms with van der Waals surface area (Å²) in [4.78, 5) is 44.1. The van der Waals surface area contributed by atoms with Gasteiger partial charge < -0.3 is 10.5 Å². The Hall–Kier alpha value is -3.82. The maximum atomic E-state index is 12.2. The first-order valence-corrected chi connectivity index (χ1v) is 7.20. The SMILES string of the molecule is Cc1cccc(C(=O)OCc2ccc(C(N)=O)cc2[N+](=O)[O-])c1[N+](=O)[O-]. The molecule has 10 nitrogen and oxygen atoms in total. The number of primary amides is 1. The molecule has 10 heteroatoms. The second-order valence-corrected chi connectivity index (χ2v) is 5.27. The molecular formula is C16H13N3O7. The molecule has 0 atom stereocenters. The van der Waals surface area contributed by atoms with E-state index >= 15 is 0 Å². The van der Waals surface area contributed by atoms with Crippen LogP contribution in [0.5, 0.6) is 0 Å². The number of nitro groups is 2. The summed E-state index contributed by atoms with van der Waals surface area (Å²) in [6.45, 7) is 0.974. The van der Waals surface area contributed by atoms with E-state index in [1.54, 1.807) is 0 Å². The van der Waals surface area contributed by atoms with Gasteiger partial charge in [-0.3, -0.25) is 25.0 Å². The second kappa shape index (κ2) is 7.38. The standard InChI is InChI=1S/C16H13N3O7/c1-9-3-2-4-12(14(9)19(24)25)16(21)26-8-11-6-5-10(15(17)20)7-13(11)18(22)23/h2-7H,8H2,1H3,(H2,17,20). The molecule has 0 aliphatic carbocycles. The minimum Gasteiger partial charge on any atom is -0.457 e. The van der Waals surface area contributed by atoms with Gasteiger partial charge in [0.2, 0.25) is 5.91 Å². The van der Waals surface area contributed by atoms with E-state index in [1.165, 1.54) is 37.3 Å². The van der Waals surface area contributed by atoms with E-state index in [9.17, 15) is 29.8 Å². The van der Waals surface area contributed by atoms with Crippen molar-refractivity contribution in [3.05, 3.63) is 78.9 Å². The van der Waals surface area contributed by atoms with Crippen molar-refractivity contribution < 1.29 is 24.2 Å². The number of nitrogens with zero attached hydrogens (tertiary/aromatic N) is 2. The predicted octanol–water partition coefficient (Wildman–Crippen LogP) is 2.27. The number of benzene rings is 2. The van der Waals surface area contributed by atoms with Crippen molar-refractivity contribution in [2.24, 2.45) is 5.73 Å². The van der Waals surface area contributed by atoms with Gasteiger partial charge in [0.15, 0.2) is 0 Å². The van der Waals surface area contributed by atoms with Crippen molar-refractivity contribution in [3.63, 3.8) is 0 Å². The van der Waals surface area contributed by atoms with Gasteiger partial charge in [-0.15, -0.1) is 0 Å². The summed E-state index contributed by atoms with van der Waals surface area (Å²) in [5, 5.41) is 22.3. The Morgan fingerprint density at radius 1 is 1.12 bits per heavy atom. The molecule has 0 saturated carbocycles. The topological polar surface area (TPSA) is 156 Å². The van der Waals surface area contributed by atoms with Crippen molar-refractivity contribution in [3.8, 4) is 0 Å². The minimum absolute atomic E-state index is 0.0173. The van der Waals surface area contributed by atoms with E-state index in [4.69, 9.17) is 10.5 Å². The van der Waals surface area contributed by atoms with Crippen LogP contribution in [0.2, 0.25) is 0 Å². The molecule has 0 aliphatic rings. The predicted molar refractivity (Wildman–Crippen MR) is 88.6 cm³/mol. The third kappa shape index (κ3) is 3.80. The average molecular weight is 359 g/mol. The fourth-order valence-electron chi connectivity index (χ4n) is 2.30. The zero-order chi connectivity index (χ0) is 19.4. The number of nitro benzene ring substituents is 2. The fraction of sp³-hybridized carbons (Fsp3) is 0.125. The van der Waals surface area contributed by atoms with E-state index in [2.05, 4.69) is 0 Å². The van der Waals surface area contributed by atoms with Crippen LogP contribution in [0.1, 0.15) is 31.8 Å². The van der Waals surface area contributed by atoms with Crippen molar-refractivity contribution in [2.75, 3.05) is 0 Å². The van der Waals surface area contributed by atoms with Crippen molar-refractivity contribution >= 4 is 23.3 Å². The maximum absolute atomic E-state index is 12.2. The first-order valence-electron chi connectivity index (χ1n) is 7.20. The van der Waals surface area contributed by atoms with Crippen molar-refractivity contribution in [2.45, 2.75) is 13.5 Å². The molecule has 0 saturated heterocycles. The van der Waals surface area contributed by atoms with Gasteiger partial charge in [0.1, 0.15) is 12.2 Å². The molecule has 2 rings (SSSR count). The number of esters is 1. The Morgan fingerprint density at radius 3 is 2.38 bits per heavy atom. The number of para-hydroxylation sites is 1.